The van der Waals surface area contributed by atoms with Gasteiger partial charge >= 0.3 is 12.4 Å². The molecule has 3 rings (SSSR count). The Balaban J connectivity index is 1.80. The largest absolute Gasteiger partial charge is 0.399 e. The number of fused-ring (bicyclic) bond motifs is 1. The lowest BCUT2D eigenvalue weighted by atomic mass is 9.95. The number of alkyl halides is 6. The number of allylic oxidation sites excluding steroid dienone is 1. The van der Waals surface area contributed by atoms with Gasteiger partial charge in [0, 0.05) is 11.6 Å². The zero-order valence-corrected chi connectivity index (χ0v) is 19.2. The Bertz CT molecular complexity index is 1300. The summed E-state index contributed by atoms with van der Waals surface area (Å²) in [6, 6.07) is 7.90. The van der Waals surface area contributed by atoms with Gasteiger partial charge < -0.3 is 5.32 Å². The summed E-state index contributed by atoms with van der Waals surface area (Å²) in [6.45, 7) is 0.636. The molecule has 0 aliphatic rings. The molecule has 0 saturated carbocycles. The molecule has 0 aliphatic heterocycles. The van der Waals surface area contributed by atoms with Gasteiger partial charge in [0.05, 0.1) is 23.0 Å². The fraction of sp³-hybridized carbons (Fsp3) is 0.250. The normalized spacial score (nSPS) is 13.4. The van der Waals surface area contributed by atoms with E-state index in [9.17, 15) is 40.3 Å². The van der Waals surface area contributed by atoms with E-state index in [2.05, 4.69) is 0 Å². The highest BCUT2D eigenvalue weighted by Crippen LogP contribution is 2.38. The van der Waals surface area contributed by atoms with Crippen molar-refractivity contribution in [3.05, 3.63) is 76.2 Å². The van der Waals surface area contributed by atoms with Crippen molar-refractivity contribution in [1.82, 2.24) is 9.88 Å². The molecule has 0 radical (unpaired) electrons. The number of aromatic nitrogens is 1. The van der Waals surface area contributed by atoms with Gasteiger partial charge in [-0.1, -0.05) is 35.9 Å². The summed E-state index contributed by atoms with van der Waals surface area (Å²) < 4.78 is 92.7. The van der Waals surface area contributed by atoms with Crippen LogP contribution in [0.5, 0.6) is 0 Å². The highest BCUT2D eigenvalue weighted by molar-refractivity contribution is 6.30. The number of hydrogen-bond donors (Lipinski definition) is 1. The van der Waals surface area contributed by atoms with E-state index in [1.54, 1.807) is 0 Å². The molecule has 1 atom stereocenters. The maximum Gasteiger partial charge on any atom is 0.399 e. The standard InChI is InChI=1S/C24H18ClF7N2O2/c1-13-8-16(10-18(25)22(13)26)17(24(30,31)32)4-2-14-3-5-19-15(9-14)6-7-34(19)21(36)12-33-20(35)11-23(27,28)29/h2-10,17H,11-12H2,1H3,(H,33,35)/b4-2+. The highest BCUT2D eigenvalue weighted by atomic mass is 35.5. The van der Waals surface area contributed by atoms with E-state index in [-0.39, 0.29) is 11.1 Å². The third-order valence-corrected chi connectivity index (χ3v) is 5.48. The monoisotopic (exact) mass is 534 g/mol. The SMILES string of the molecule is Cc1cc(C(/C=C/c2ccc3c(ccn3C(=O)CNC(=O)CC(F)(F)F)c2)C(F)(F)F)cc(Cl)c1F. The fourth-order valence-corrected chi connectivity index (χ4v) is 3.81. The number of nitrogens with one attached hydrogen (secondary N) is 1. The topological polar surface area (TPSA) is 51.1 Å². The number of aryl methyl sites for hydroxylation is 1. The van der Waals surface area contributed by atoms with Crippen LogP contribution in [0.2, 0.25) is 5.02 Å². The molecule has 0 fully saturated rings. The smallest absolute Gasteiger partial charge is 0.347 e. The Hall–Kier alpha value is -3.34. The van der Waals surface area contributed by atoms with Crippen LogP contribution in [0.4, 0.5) is 30.7 Å². The van der Waals surface area contributed by atoms with Gasteiger partial charge in [-0.15, -0.1) is 0 Å². The van der Waals surface area contributed by atoms with Crippen molar-refractivity contribution in [2.24, 2.45) is 0 Å². The molecule has 3 aromatic rings. The summed E-state index contributed by atoms with van der Waals surface area (Å²) in [4.78, 5) is 23.6. The Kier molecular flexibility index (Phi) is 7.82. The zero-order chi connectivity index (χ0) is 26.8. The second-order valence-electron chi connectivity index (χ2n) is 7.98. The van der Waals surface area contributed by atoms with Crippen molar-refractivity contribution in [1.29, 1.82) is 0 Å². The Morgan fingerprint density at radius 3 is 2.39 bits per heavy atom. The van der Waals surface area contributed by atoms with Crippen molar-refractivity contribution in [2.75, 3.05) is 6.54 Å². The maximum absolute atomic E-state index is 13.8. The van der Waals surface area contributed by atoms with Crippen LogP contribution < -0.4 is 5.32 Å². The van der Waals surface area contributed by atoms with Crippen molar-refractivity contribution in [3.8, 4) is 0 Å². The summed E-state index contributed by atoms with van der Waals surface area (Å²) in [6.07, 6.45) is -7.64. The Labute approximate surface area is 205 Å². The van der Waals surface area contributed by atoms with Gasteiger partial charge in [-0.05, 0) is 47.9 Å². The van der Waals surface area contributed by atoms with Crippen LogP contribution in [-0.2, 0) is 4.79 Å². The van der Waals surface area contributed by atoms with Gasteiger partial charge in [0.25, 0.3) is 0 Å². The van der Waals surface area contributed by atoms with Gasteiger partial charge in [-0.25, -0.2) is 4.39 Å². The first-order valence-electron chi connectivity index (χ1n) is 10.3. The van der Waals surface area contributed by atoms with E-state index in [1.165, 1.54) is 43.5 Å². The summed E-state index contributed by atoms with van der Waals surface area (Å²) in [5, 5.41) is 1.94. The predicted octanol–water partition coefficient (Wildman–Crippen LogP) is 6.81. The first-order valence-corrected chi connectivity index (χ1v) is 10.7. The number of benzene rings is 2. The van der Waals surface area contributed by atoms with Crippen LogP contribution in [0.3, 0.4) is 0 Å². The van der Waals surface area contributed by atoms with Crippen LogP contribution in [0.15, 0.2) is 48.7 Å². The van der Waals surface area contributed by atoms with E-state index in [1.807, 2.05) is 5.32 Å². The first kappa shape index (κ1) is 27.3. The summed E-state index contributed by atoms with van der Waals surface area (Å²) in [5.41, 5.74) is 0.455. The lowest BCUT2D eigenvalue weighted by molar-refractivity contribution is -0.153. The van der Waals surface area contributed by atoms with Gasteiger partial charge in [0.2, 0.25) is 11.8 Å². The van der Waals surface area contributed by atoms with Crippen molar-refractivity contribution in [2.45, 2.75) is 31.6 Å². The molecule has 12 heteroatoms. The number of halogens is 8. The molecule has 2 aromatic carbocycles. The average Bonchev–Trinajstić information content (AvgIpc) is 3.17. The number of hydrogen-bond acceptors (Lipinski definition) is 2. The van der Waals surface area contributed by atoms with E-state index in [0.29, 0.717) is 16.5 Å². The lowest BCUT2D eigenvalue weighted by Gasteiger charge is -2.18. The van der Waals surface area contributed by atoms with Crippen molar-refractivity contribution in [3.63, 3.8) is 0 Å². The maximum atomic E-state index is 13.8. The number of carbonyl (C=O) groups excluding carboxylic acids is 2. The summed E-state index contributed by atoms with van der Waals surface area (Å²) in [5.74, 6) is -4.91. The minimum Gasteiger partial charge on any atom is -0.347 e. The molecule has 36 heavy (non-hydrogen) atoms. The van der Waals surface area contributed by atoms with Crippen LogP contribution >= 0.6 is 11.6 Å². The molecule has 0 aliphatic carbocycles. The molecular weight excluding hydrogens is 517 g/mol. The summed E-state index contributed by atoms with van der Waals surface area (Å²) >= 11 is 5.72. The molecule has 1 amide bonds. The predicted molar refractivity (Wildman–Crippen MR) is 120 cm³/mol. The van der Waals surface area contributed by atoms with Crippen molar-refractivity contribution >= 4 is 40.4 Å². The molecule has 1 heterocycles. The molecule has 1 N–H and O–H groups in total. The van der Waals surface area contributed by atoms with Crippen LogP contribution in [0.1, 0.15) is 33.8 Å². The van der Waals surface area contributed by atoms with Crippen molar-refractivity contribution < 1.29 is 40.3 Å². The average molecular weight is 535 g/mol. The van der Waals surface area contributed by atoms with Gasteiger partial charge in [-0.2, -0.15) is 26.3 Å². The highest BCUT2D eigenvalue weighted by Gasteiger charge is 2.39. The van der Waals surface area contributed by atoms with Gasteiger partial charge in [0.15, 0.2) is 0 Å². The van der Waals surface area contributed by atoms with E-state index in [0.717, 1.165) is 22.8 Å². The molecule has 4 nitrogen and oxygen atoms in total. The zero-order valence-electron chi connectivity index (χ0n) is 18.5. The van der Waals surface area contributed by atoms with Crippen LogP contribution in [-0.4, -0.2) is 35.3 Å². The number of amides is 1. The summed E-state index contributed by atoms with van der Waals surface area (Å²) in [7, 11) is 0. The van der Waals surface area contributed by atoms with Crippen LogP contribution in [0.25, 0.3) is 17.0 Å². The third-order valence-electron chi connectivity index (χ3n) is 5.21. The number of nitrogens with zero attached hydrogens (tertiary/aromatic N) is 1. The second-order valence-corrected chi connectivity index (χ2v) is 8.39. The fourth-order valence-electron chi connectivity index (χ4n) is 3.54. The molecule has 0 bridgehead atoms. The molecule has 192 valence electrons. The quantitative estimate of drug-likeness (QED) is 0.353. The first-order chi connectivity index (χ1) is 16.7. The Morgan fingerprint density at radius 2 is 1.78 bits per heavy atom. The molecule has 0 saturated heterocycles. The number of carbonyl (C=O) groups is 2. The number of rotatable bonds is 6. The van der Waals surface area contributed by atoms with E-state index < -0.39 is 53.9 Å². The Morgan fingerprint density at radius 1 is 1.08 bits per heavy atom. The minimum absolute atomic E-state index is 0.0258. The van der Waals surface area contributed by atoms with E-state index in [4.69, 9.17) is 11.6 Å². The second kappa shape index (κ2) is 10.3. The molecular formula is C24H18ClF7N2O2. The molecule has 1 unspecified atom stereocenters. The minimum atomic E-state index is -4.70. The van der Waals surface area contributed by atoms with Gasteiger partial charge in [0.1, 0.15) is 12.2 Å². The van der Waals surface area contributed by atoms with Gasteiger partial charge in [-0.3, -0.25) is 14.2 Å². The van der Waals surface area contributed by atoms with E-state index >= 15 is 0 Å². The third kappa shape index (κ3) is 6.66. The van der Waals surface area contributed by atoms with Crippen LogP contribution in [0, 0.1) is 12.7 Å². The lowest BCUT2D eigenvalue weighted by Crippen LogP contribution is -2.34. The molecule has 0 spiro atoms. The molecule has 1 aromatic heterocycles.